The van der Waals surface area contributed by atoms with Crippen LogP contribution in [-0.2, 0) is 37.1 Å². The number of unbranched alkanes of at least 4 members (excludes halogenated alkanes) is 1. The molecule has 0 aliphatic carbocycles. The molecular weight excluding hydrogens is 474 g/mol. The first-order chi connectivity index (χ1) is 17.9. The van der Waals surface area contributed by atoms with Gasteiger partial charge in [-0.2, -0.15) is 5.10 Å². The van der Waals surface area contributed by atoms with Crippen LogP contribution in [0.2, 0.25) is 0 Å². The van der Waals surface area contributed by atoms with E-state index >= 15 is 0 Å². The summed E-state index contributed by atoms with van der Waals surface area (Å²) in [5.41, 5.74) is 3.66. The average Bonchev–Trinajstić information content (AvgIpc) is 3.33. The number of aliphatic hydroxyl groups is 1. The number of aliphatic hydroxyl groups excluding tert-OH is 1. The van der Waals surface area contributed by atoms with E-state index in [2.05, 4.69) is 41.7 Å². The van der Waals surface area contributed by atoms with Crippen molar-refractivity contribution in [1.29, 1.82) is 0 Å². The third-order valence-electron chi connectivity index (χ3n) is 6.34. The van der Waals surface area contributed by atoms with Crippen molar-refractivity contribution in [3.05, 3.63) is 88.7 Å². The van der Waals surface area contributed by atoms with Crippen LogP contribution >= 0.6 is 0 Å². The van der Waals surface area contributed by atoms with Crippen molar-refractivity contribution in [2.75, 3.05) is 6.54 Å². The SMILES string of the molecule is CCCCn1cc(CCC(=O)N[C@@H](Cc2cc(F)cc(F)c2)[C@H](O)CNCc2cccc(CC)c2)cn1. The third kappa shape index (κ3) is 9.70. The van der Waals surface area contributed by atoms with Crippen molar-refractivity contribution < 1.29 is 18.7 Å². The number of hydrogen-bond donors (Lipinski definition) is 3. The van der Waals surface area contributed by atoms with Crippen molar-refractivity contribution in [1.82, 2.24) is 20.4 Å². The fourth-order valence-corrected chi connectivity index (χ4v) is 4.25. The van der Waals surface area contributed by atoms with Gasteiger partial charge in [0.2, 0.25) is 5.91 Å². The van der Waals surface area contributed by atoms with Crippen molar-refractivity contribution in [2.45, 2.75) is 77.6 Å². The van der Waals surface area contributed by atoms with Gasteiger partial charge in [-0.1, -0.05) is 44.5 Å². The maximum Gasteiger partial charge on any atom is 0.220 e. The molecule has 3 aromatic rings. The van der Waals surface area contributed by atoms with Gasteiger partial charge in [0.05, 0.1) is 18.3 Å². The zero-order valence-electron chi connectivity index (χ0n) is 21.7. The highest BCUT2D eigenvalue weighted by Gasteiger charge is 2.22. The molecule has 37 heavy (non-hydrogen) atoms. The number of benzene rings is 2. The Labute approximate surface area is 218 Å². The molecule has 0 radical (unpaired) electrons. The molecule has 2 atom stereocenters. The van der Waals surface area contributed by atoms with E-state index in [1.165, 1.54) is 17.7 Å². The molecule has 1 aromatic heterocycles. The summed E-state index contributed by atoms with van der Waals surface area (Å²) in [7, 11) is 0. The summed E-state index contributed by atoms with van der Waals surface area (Å²) in [6.45, 7) is 5.83. The number of hydrogen-bond acceptors (Lipinski definition) is 4. The van der Waals surface area contributed by atoms with E-state index in [0.29, 0.717) is 18.5 Å². The predicted molar refractivity (Wildman–Crippen MR) is 141 cm³/mol. The number of aryl methyl sites for hydroxylation is 3. The standard InChI is InChI=1S/C29H38F2N4O2/c1-3-5-11-35-20-23(18-33-35)9-10-29(37)34-27(15-24-13-25(30)16-26(31)14-24)28(36)19-32-17-22-8-6-7-21(4-2)12-22/h6-8,12-14,16,18,20,27-28,32,36H,3-5,9-11,15,17,19H2,1-2H3,(H,34,37)/t27-,28+/m0/s1. The zero-order chi connectivity index (χ0) is 26.6. The number of halogens is 2. The summed E-state index contributed by atoms with van der Waals surface area (Å²) < 4.78 is 29.4. The van der Waals surface area contributed by atoms with E-state index in [-0.39, 0.29) is 25.3 Å². The van der Waals surface area contributed by atoms with Gasteiger partial charge in [-0.05, 0) is 60.1 Å². The number of carbonyl (C=O) groups is 1. The normalized spacial score (nSPS) is 12.9. The first-order valence-corrected chi connectivity index (χ1v) is 13.1. The number of aromatic nitrogens is 2. The summed E-state index contributed by atoms with van der Waals surface area (Å²) in [5, 5.41) is 21.4. The number of amides is 1. The molecule has 3 N–H and O–H groups in total. The highest BCUT2D eigenvalue weighted by molar-refractivity contribution is 5.76. The van der Waals surface area contributed by atoms with Crippen LogP contribution in [-0.4, -0.2) is 39.5 Å². The number of rotatable bonds is 15. The Morgan fingerprint density at radius 2 is 1.81 bits per heavy atom. The fraction of sp³-hybridized carbons (Fsp3) is 0.448. The molecule has 3 rings (SSSR count). The van der Waals surface area contributed by atoms with E-state index in [1.54, 1.807) is 6.20 Å². The first kappa shape index (κ1) is 28.5. The predicted octanol–water partition coefficient (Wildman–Crippen LogP) is 4.33. The molecule has 0 saturated heterocycles. The summed E-state index contributed by atoms with van der Waals surface area (Å²) in [5.74, 6) is -1.62. The monoisotopic (exact) mass is 512 g/mol. The van der Waals surface area contributed by atoms with Crippen molar-refractivity contribution in [2.24, 2.45) is 0 Å². The Hall–Kier alpha value is -3.10. The summed E-state index contributed by atoms with van der Waals surface area (Å²) in [4.78, 5) is 12.8. The lowest BCUT2D eigenvalue weighted by atomic mass is 10.00. The van der Waals surface area contributed by atoms with Gasteiger partial charge >= 0.3 is 0 Å². The van der Waals surface area contributed by atoms with Crippen molar-refractivity contribution in [3.63, 3.8) is 0 Å². The minimum Gasteiger partial charge on any atom is -0.390 e. The quantitative estimate of drug-likeness (QED) is 0.283. The van der Waals surface area contributed by atoms with Gasteiger partial charge in [-0.15, -0.1) is 0 Å². The van der Waals surface area contributed by atoms with Gasteiger partial charge < -0.3 is 15.7 Å². The molecule has 2 aromatic carbocycles. The topological polar surface area (TPSA) is 79.2 Å². The number of nitrogens with zero attached hydrogens (tertiary/aromatic N) is 2. The Kier molecular flexibility index (Phi) is 11.2. The Morgan fingerprint density at radius 1 is 1.05 bits per heavy atom. The van der Waals surface area contributed by atoms with E-state index in [1.807, 2.05) is 23.0 Å². The minimum atomic E-state index is -0.957. The molecule has 0 aliphatic rings. The third-order valence-corrected chi connectivity index (χ3v) is 6.34. The average molecular weight is 513 g/mol. The van der Waals surface area contributed by atoms with E-state index in [0.717, 1.165) is 43.0 Å². The Morgan fingerprint density at radius 3 is 2.54 bits per heavy atom. The molecule has 0 spiro atoms. The summed E-state index contributed by atoms with van der Waals surface area (Å²) in [6.07, 6.45) is 6.65. The first-order valence-electron chi connectivity index (χ1n) is 13.1. The molecule has 0 bridgehead atoms. The smallest absolute Gasteiger partial charge is 0.220 e. The van der Waals surface area contributed by atoms with Crippen LogP contribution in [0.5, 0.6) is 0 Å². The maximum absolute atomic E-state index is 13.8. The lowest BCUT2D eigenvalue weighted by Gasteiger charge is -2.25. The molecular formula is C29H38F2N4O2. The van der Waals surface area contributed by atoms with Crippen LogP contribution in [0, 0.1) is 11.6 Å². The molecule has 1 heterocycles. The van der Waals surface area contributed by atoms with Crippen LogP contribution in [0.1, 0.15) is 55.4 Å². The molecule has 6 nitrogen and oxygen atoms in total. The fourth-order valence-electron chi connectivity index (χ4n) is 4.25. The number of carbonyl (C=O) groups excluding carboxylic acids is 1. The van der Waals surface area contributed by atoms with Gasteiger partial charge in [0.25, 0.3) is 0 Å². The van der Waals surface area contributed by atoms with Crippen molar-refractivity contribution in [3.8, 4) is 0 Å². The van der Waals surface area contributed by atoms with Gasteiger partial charge in [0.1, 0.15) is 11.6 Å². The van der Waals surface area contributed by atoms with Crippen LogP contribution in [0.15, 0.2) is 54.9 Å². The largest absolute Gasteiger partial charge is 0.390 e. The van der Waals surface area contributed by atoms with Gasteiger partial charge in [-0.3, -0.25) is 9.48 Å². The molecule has 0 unspecified atom stereocenters. The molecule has 200 valence electrons. The van der Waals surface area contributed by atoms with Gasteiger partial charge in [0, 0.05) is 38.3 Å². The molecule has 0 aliphatic heterocycles. The van der Waals surface area contributed by atoms with Gasteiger partial charge in [-0.25, -0.2) is 8.78 Å². The van der Waals surface area contributed by atoms with Crippen LogP contribution in [0.3, 0.4) is 0 Å². The second-order valence-electron chi connectivity index (χ2n) is 9.49. The highest BCUT2D eigenvalue weighted by Crippen LogP contribution is 2.13. The van der Waals surface area contributed by atoms with Crippen LogP contribution in [0.4, 0.5) is 8.78 Å². The number of nitrogens with one attached hydrogen (secondary N) is 2. The maximum atomic E-state index is 13.8. The lowest BCUT2D eigenvalue weighted by molar-refractivity contribution is -0.122. The Bertz CT molecular complexity index is 1110. The second kappa shape index (κ2) is 14.6. The minimum absolute atomic E-state index is 0.101. The molecule has 8 heteroatoms. The highest BCUT2D eigenvalue weighted by atomic mass is 19.1. The van der Waals surface area contributed by atoms with E-state index in [9.17, 15) is 18.7 Å². The summed E-state index contributed by atoms with van der Waals surface area (Å²) >= 11 is 0. The second-order valence-corrected chi connectivity index (χ2v) is 9.49. The molecule has 0 fully saturated rings. The van der Waals surface area contributed by atoms with E-state index < -0.39 is 23.8 Å². The lowest BCUT2D eigenvalue weighted by Crippen LogP contribution is -2.48. The van der Waals surface area contributed by atoms with E-state index in [4.69, 9.17) is 0 Å². The van der Waals surface area contributed by atoms with Crippen molar-refractivity contribution >= 4 is 5.91 Å². The summed E-state index contributed by atoms with van der Waals surface area (Å²) in [6, 6.07) is 10.7. The molecule has 1 amide bonds. The van der Waals surface area contributed by atoms with Gasteiger partial charge in [0.15, 0.2) is 0 Å². The molecule has 0 saturated carbocycles. The van der Waals surface area contributed by atoms with Crippen LogP contribution < -0.4 is 10.6 Å². The zero-order valence-corrected chi connectivity index (χ0v) is 21.7. The Balaban J connectivity index is 1.59. The van der Waals surface area contributed by atoms with Crippen LogP contribution in [0.25, 0.3) is 0 Å².